The molecule has 2 atom stereocenters. The van der Waals surface area contributed by atoms with E-state index in [2.05, 4.69) is 43.2 Å². The van der Waals surface area contributed by atoms with E-state index >= 15 is 0 Å². The quantitative estimate of drug-likeness (QED) is 0.478. The van der Waals surface area contributed by atoms with E-state index < -0.39 is 18.1 Å². The Kier molecular flexibility index (Phi) is 9.37. The minimum Gasteiger partial charge on any atom is -0.308 e. The number of nitrogens with one attached hydrogen (secondary N) is 2. The van der Waals surface area contributed by atoms with E-state index in [-0.39, 0.29) is 5.78 Å². The first-order valence-electron chi connectivity index (χ1n) is 12.6. The maximum atomic E-state index is 13.9. The van der Waals surface area contributed by atoms with Gasteiger partial charge in [-0.05, 0) is 62.2 Å². The smallest absolute Gasteiger partial charge is 0.308 e. The molecular formula is C27H38N5O3+. The Balaban J connectivity index is 1.95. The molecule has 35 heavy (non-hydrogen) atoms. The third-order valence-electron chi connectivity index (χ3n) is 6.51. The van der Waals surface area contributed by atoms with Gasteiger partial charge in [0.25, 0.3) is 0 Å². The van der Waals surface area contributed by atoms with Crippen molar-refractivity contribution in [3.8, 4) is 0 Å². The largest absolute Gasteiger partial charge is 0.369 e. The Morgan fingerprint density at radius 2 is 1.71 bits per heavy atom. The molecule has 188 valence electrons. The number of rotatable bonds is 10. The lowest BCUT2D eigenvalue weighted by Crippen LogP contribution is -2.54. The summed E-state index contributed by atoms with van der Waals surface area (Å²) in [7, 11) is 0. The molecule has 2 N–H and O–H groups in total. The van der Waals surface area contributed by atoms with Gasteiger partial charge < -0.3 is 10.2 Å². The van der Waals surface area contributed by atoms with Gasteiger partial charge in [0.05, 0.1) is 17.4 Å². The highest BCUT2D eigenvalue weighted by Crippen LogP contribution is 2.35. The van der Waals surface area contributed by atoms with Gasteiger partial charge in [-0.3, -0.25) is 10.1 Å². The maximum Gasteiger partial charge on any atom is 0.369 e. The zero-order valence-electron chi connectivity index (χ0n) is 21.2. The molecule has 2 aromatic carbocycles. The third-order valence-corrected chi connectivity index (χ3v) is 6.51. The number of fused-ring (bicyclic) bond motifs is 1. The van der Waals surface area contributed by atoms with Crippen molar-refractivity contribution >= 4 is 23.2 Å². The van der Waals surface area contributed by atoms with E-state index in [1.807, 2.05) is 30.3 Å². The monoisotopic (exact) mass is 480 g/mol. The fourth-order valence-corrected chi connectivity index (χ4v) is 4.40. The molecule has 3 rings (SSSR count). The molecule has 0 radical (unpaired) electrons. The second-order valence-corrected chi connectivity index (χ2v) is 9.30. The third kappa shape index (κ3) is 6.66. The average molecular weight is 481 g/mol. The number of carbonyl (C=O) groups is 2. The van der Waals surface area contributed by atoms with Crippen LogP contribution in [-0.4, -0.2) is 53.9 Å². The number of carbonyl (C=O) groups excluding carboxylic acids is 2. The highest BCUT2D eigenvalue weighted by atomic mass is 16.3. The summed E-state index contributed by atoms with van der Waals surface area (Å²) in [5.41, 5.74) is 2.15. The molecule has 0 spiro atoms. The van der Waals surface area contributed by atoms with Gasteiger partial charge in [-0.1, -0.05) is 64.1 Å². The number of para-hydroxylation sites is 2. The van der Waals surface area contributed by atoms with E-state index in [9.17, 15) is 14.5 Å². The topological polar surface area (TPSA) is 84.8 Å². The maximum absolute atomic E-state index is 13.9. The second-order valence-electron chi connectivity index (χ2n) is 9.30. The van der Waals surface area contributed by atoms with Gasteiger partial charge in [0.15, 0.2) is 4.87 Å². The number of Topliss-reactive ketones (excluding diaryl/α,β-unsaturated/α-hetero) is 1. The van der Waals surface area contributed by atoms with Gasteiger partial charge in [0.2, 0.25) is 5.78 Å². The number of amides is 2. The van der Waals surface area contributed by atoms with Gasteiger partial charge in [-0.2, -0.15) is 0 Å². The molecule has 8 heteroatoms. The van der Waals surface area contributed by atoms with Crippen molar-refractivity contribution < 1.29 is 14.5 Å². The first-order valence-corrected chi connectivity index (χ1v) is 12.6. The van der Waals surface area contributed by atoms with Crippen molar-refractivity contribution in [2.75, 3.05) is 36.5 Å². The number of benzene rings is 2. The summed E-state index contributed by atoms with van der Waals surface area (Å²) in [4.78, 5) is 43.3. The highest BCUT2D eigenvalue weighted by molar-refractivity contribution is 5.97. The Hall–Kier alpha value is -3.26. The molecule has 1 aliphatic heterocycles. The molecule has 0 saturated carbocycles. The number of nitrogens with zero attached hydrogens (tertiary/aromatic N) is 3. The number of nitroso groups, excluding NO2 is 1. The van der Waals surface area contributed by atoms with Crippen LogP contribution in [0.2, 0.25) is 0 Å². The second kappa shape index (κ2) is 12.4. The van der Waals surface area contributed by atoms with Crippen molar-refractivity contribution in [2.24, 2.45) is 5.92 Å². The Morgan fingerprint density at radius 3 is 2.37 bits per heavy atom. The van der Waals surface area contributed by atoms with Gasteiger partial charge in [-0.15, -0.1) is 5.01 Å². The van der Waals surface area contributed by atoms with Gasteiger partial charge in [-0.25, -0.2) is 4.79 Å². The van der Waals surface area contributed by atoms with Crippen molar-refractivity contribution in [1.29, 1.82) is 0 Å². The summed E-state index contributed by atoms with van der Waals surface area (Å²) in [6.45, 7) is 11.3. The molecule has 0 aliphatic carbocycles. The normalized spacial score (nSPS) is 17.9. The van der Waals surface area contributed by atoms with Crippen LogP contribution in [0.3, 0.4) is 0 Å². The van der Waals surface area contributed by atoms with Crippen LogP contribution in [0.15, 0.2) is 54.6 Å². The van der Waals surface area contributed by atoms with Crippen LogP contribution >= 0.6 is 0 Å². The standard InChI is InChI=1S/C27H37N5O3/c1-5-30(6-2)18-17-23-22-14-10-11-15-24(22)31(19-16-20(3)4)32(35)26(25(23)33)29-27(34)28-21-12-8-7-9-13-21/h7-15,20,23,26H,5-6,16-19H2,1-4H3,(H-,28,29,34)/p+1. The van der Waals surface area contributed by atoms with Crippen LogP contribution < -0.4 is 15.6 Å². The molecule has 2 aromatic rings. The summed E-state index contributed by atoms with van der Waals surface area (Å²) in [5.74, 6) is -0.426. The predicted molar refractivity (Wildman–Crippen MR) is 139 cm³/mol. The molecular weight excluding hydrogens is 442 g/mol. The molecule has 0 aromatic heterocycles. The van der Waals surface area contributed by atoms with E-state index in [1.165, 1.54) is 0 Å². The molecule has 0 bridgehead atoms. The lowest BCUT2D eigenvalue weighted by molar-refractivity contribution is -0.587. The van der Waals surface area contributed by atoms with E-state index in [0.29, 0.717) is 29.4 Å². The summed E-state index contributed by atoms with van der Waals surface area (Å²) in [6, 6.07) is 16.0. The van der Waals surface area contributed by atoms with Crippen molar-refractivity contribution in [3.63, 3.8) is 0 Å². The number of anilines is 2. The minimum absolute atomic E-state index is 0.296. The van der Waals surface area contributed by atoms with Crippen molar-refractivity contribution in [1.82, 2.24) is 10.2 Å². The summed E-state index contributed by atoms with van der Waals surface area (Å²) < 4.78 is 0. The minimum atomic E-state index is -1.33. The predicted octanol–water partition coefficient (Wildman–Crippen LogP) is 4.78. The number of hydrogen-bond donors (Lipinski definition) is 2. The molecule has 1 aliphatic rings. The number of urea groups is 1. The summed E-state index contributed by atoms with van der Waals surface area (Å²) >= 11 is 0. The molecule has 2 unspecified atom stereocenters. The van der Waals surface area contributed by atoms with Crippen LogP contribution in [0.1, 0.15) is 52.0 Å². The van der Waals surface area contributed by atoms with Crippen molar-refractivity contribution in [2.45, 2.75) is 52.6 Å². The van der Waals surface area contributed by atoms with Gasteiger partial charge in [0, 0.05) is 5.69 Å². The van der Waals surface area contributed by atoms with Crippen LogP contribution in [0.4, 0.5) is 16.2 Å². The zero-order chi connectivity index (χ0) is 25.4. The molecule has 2 amide bonds. The Labute approximate surface area is 208 Å². The van der Waals surface area contributed by atoms with Gasteiger partial charge in [0.1, 0.15) is 5.69 Å². The molecule has 1 heterocycles. The molecule has 0 fully saturated rings. The highest BCUT2D eigenvalue weighted by Gasteiger charge is 2.48. The lowest BCUT2D eigenvalue weighted by Gasteiger charge is -2.22. The van der Waals surface area contributed by atoms with Crippen LogP contribution in [0.5, 0.6) is 0 Å². The van der Waals surface area contributed by atoms with E-state index in [4.69, 9.17) is 0 Å². The van der Waals surface area contributed by atoms with Crippen LogP contribution in [0.25, 0.3) is 0 Å². The fraction of sp³-hybridized carbons (Fsp3) is 0.481. The Bertz CT molecular complexity index is 1010. The number of ketones is 1. The fourth-order valence-electron chi connectivity index (χ4n) is 4.40. The lowest BCUT2D eigenvalue weighted by atomic mass is 9.89. The summed E-state index contributed by atoms with van der Waals surface area (Å²) in [6.07, 6.45) is 0.0101. The Morgan fingerprint density at radius 1 is 1.06 bits per heavy atom. The SMILES string of the molecule is CCN(CC)CCC1C(=O)C(NC(=O)Nc2ccccc2)[N+](=O)N(CCC(C)C)c2ccccc21. The van der Waals surface area contributed by atoms with E-state index in [1.54, 1.807) is 29.3 Å². The zero-order valence-corrected chi connectivity index (χ0v) is 21.2. The number of hydrogen-bond acceptors (Lipinski definition) is 4. The van der Waals surface area contributed by atoms with Crippen molar-refractivity contribution in [3.05, 3.63) is 65.1 Å². The molecule has 8 nitrogen and oxygen atoms in total. The molecule has 0 saturated heterocycles. The van der Waals surface area contributed by atoms with Crippen LogP contribution in [0, 0.1) is 10.8 Å². The summed E-state index contributed by atoms with van der Waals surface area (Å²) in [5, 5.41) is 7.00. The van der Waals surface area contributed by atoms with Gasteiger partial charge >= 0.3 is 12.2 Å². The van der Waals surface area contributed by atoms with E-state index in [0.717, 1.165) is 37.3 Å². The first-order chi connectivity index (χ1) is 16.8. The van der Waals surface area contributed by atoms with Crippen LogP contribution in [-0.2, 0) is 4.79 Å². The first kappa shape index (κ1) is 26.3. The number of hydrazine groups is 1. The average Bonchev–Trinajstić information content (AvgIpc) is 2.93.